The highest BCUT2D eigenvalue weighted by Crippen LogP contribution is 2.32. The molecule has 0 spiro atoms. The van der Waals surface area contributed by atoms with Crippen LogP contribution in [0.25, 0.3) is 0 Å². The van der Waals surface area contributed by atoms with Crippen LogP contribution in [0.4, 0.5) is 5.69 Å². The first kappa shape index (κ1) is 23.5. The van der Waals surface area contributed by atoms with E-state index in [2.05, 4.69) is 10.0 Å². The average Bonchev–Trinajstić information content (AvgIpc) is 2.63. The molecule has 0 aliphatic heterocycles. The Bertz CT molecular complexity index is 794. The summed E-state index contributed by atoms with van der Waals surface area (Å²) >= 11 is 0. The molecule has 0 saturated heterocycles. The van der Waals surface area contributed by atoms with Gasteiger partial charge < -0.3 is 14.8 Å². The first-order valence-corrected chi connectivity index (χ1v) is 11.8. The molecule has 8 heteroatoms. The van der Waals surface area contributed by atoms with Crippen LogP contribution in [0.5, 0.6) is 11.5 Å². The topological polar surface area (TPSA) is 93.7 Å². The molecule has 2 N–H and O–H groups in total. The Hall–Kier alpha value is -1.80. The van der Waals surface area contributed by atoms with Gasteiger partial charge in [0.15, 0.2) is 11.5 Å². The third kappa shape index (κ3) is 6.34. The normalized spacial score (nSPS) is 20.2. The summed E-state index contributed by atoms with van der Waals surface area (Å²) in [6.07, 6.45) is 2.61. The van der Waals surface area contributed by atoms with Gasteiger partial charge in [0.25, 0.3) is 0 Å². The summed E-state index contributed by atoms with van der Waals surface area (Å²) in [5, 5.41) is 2.95. The number of anilines is 1. The molecule has 1 aliphatic rings. The molecule has 1 saturated carbocycles. The van der Waals surface area contributed by atoms with Gasteiger partial charge in [0, 0.05) is 23.7 Å². The Morgan fingerprint density at radius 1 is 1.03 bits per heavy atom. The highest BCUT2D eigenvalue weighted by Gasteiger charge is 2.34. The van der Waals surface area contributed by atoms with E-state index in [9.17, 15) is 13.2 Å². The predicted octanol–water partition coefficient (Wildman–Crippen LogP) is 3.70. The van der Waals surface area contributed by atoms with Crippen molar-refractivity contribution in [1.29, 1.82) is 0 Å². The minimum Gasteiger partial charge on any atom is -0.490 e. The number of hydrogen-bond acceptors (Lipinski definition) is 5. The van der Waals surface area contributed by atoms with Crippen LogP contribution < -0.4 is 19.5 Å². The van der Waals surface area contributed by atoms with E-state index in [4.69, 9.17) is 9.47 Å². The van der Waals surface area contributed by atoms with Crippen molar-refractivity contribution < 1.29 is 22.7 Å². The number of amides is 1. The molecule has 1 aromatic rings. The van der Waals surface area contributed by atoms with Crippen LogP contribution in [0, 0.1) is 5.92 Å². The smallest absolute Gasteiger partial charge is 0.227 e. The van der Waals surface area contributed by atoms with Crippen molar-refractivity contribution in [1.82, 2.24) is 4.72 Å². The first-order valence-electron chi connectivity index (χ1n) is 10.3. The summed E-state index contributed by atoms with van der Waals surface area (Å²) in [6, 6.07) is 5.25. The summed E-state index contributed by atoms with van der Waals surface area (Å²) in [5.74, 6) is 1.08. The zero-order chi connectivity index (χ0) is 21.7. The molecule has 164 valence electrons. The summed E-state index contributed by atoms with van der Waals surface area (Å²) in [6.45, 7) is 9.89. The Labute approximate surface area is 174 Å². The van der Waals surface area contributed by atoms with Crippen molar-refractivity contribution >= 4 is 21.6 Å². The molecular weight excluding hydrogens is 392 g/mol. The number of carbonyl (C=O) groups is 1. The van der Waals surface area contributed by atoms with Gasteiger partial charge in [-0.05, 0) is 72.4 Å². The third-order valence-corrected chi connectivity index (χ3v) is 7.29. The van der Waals surface area contributed by atoms with Gasteiger partial charge in [0.2, 0.25) is 15.9 Å². The molecule has 1 fully saturated rings. The van der Waals surface area contributed by atoms with Gasteiger partial charge in [0.05, 0.1) is 18.0 Å². The van der Waals surface area contributed by atoms with E-state index in [1.54, 1.807) is 39.0 Å². The molecule has 7 nitrogen and oxygen atoms in total. The van der Waals surface area contributed by atoms with Crippen LogP contribution >= 0.6 is 0 Å². The molecule has 0 atom stereocenters. The van der Waals surface area contributed by atoms with Gasteiger partial charge in [-0.25, -0.2) is 13.1 Å². The third-order valence-electron chi connectivity index (χ3n) is 5.04. The second kappa shape index (κ2) is 9.80. The number of benzene rings is 1. The van der Waals surface area contributed by atoms with Crippen LogP contribution in [-0.2, 0) is 14.8 Å². The van der Waals surface area contributed by atoms with Gasteiger partial charge in [0.1, 0.15) is 0 Å². The van der Waals surface area contributed by atoms with E-state index in [-0.39, 0.29) is 17.9 Å². The van der Waals surface area contributed by atoms with E-state index in [0.717, 1.165) is 0 Å². The molecule has 1 amide bonds. The fraction of sp³-hybridized carbons (Fsp3) is 0.667. The highest BCUT2D eigenvalue weighted by atomic mass is 32.2. The van der Waals surface area contributed by atoms with Crippen molar-refractivity contribution in [2.24, 2.45) is 5.92 Å². The molecule has 1 aliphatic carbocycles. The maximum Gasteiger partial charge on any atom is 0.227 e. The van der Waals surface area contributed by atoms with Crippen LogP contribution in [-0.4, -0.2) is 38.3 Å². The van der Waals surface area contributed by atoms with Crippen molar-refractivity contribution in [3.63, 3.8) is 0 Å². The van der Waals surface area contributed by atoms with E-state index in [0.29, 0.717) is 56.1 Å². The van der Waals surface area contributed by atoms with Gasteiger partial charge in [-0.2, -0.15) is 0 Å². The number of ether oxygens (including phenoxy) is 2. The fourth-order valence-electron chi connectivity index (χ4n) is 3.24. The van der Waals surface area contributed by atoms with E-state index >= 15 is 0 Å². The molecule has 1 aromatic carbocycles. The van der Waals surface area contributed by atoms with Crippen molar-refractivity contribution in [2.75, 3.05) is 18.5 Å². The van der Waals surface area contributed by atoms with Crippen molar-refractivity contribution in [3.05, 3.63) is 18.2 Å². The minimum atomic E-state index is -3.38. The summed E-state index contributed by atoms with van der Waals surface area (Å²) < 4.78 is 37.8. The predicted molar refractivity (Wildman–Crippen MR) is 115 cm³/mol. The molecule has 29 heavy (non-hydrogen) atoms. The zero-order valence-corrected chi connectivity index (χ0v) is 18.9. The van der Waals surface area contributed by atoms with Crippen molar-refractivity contribution in [2.45, 2.75) is 71.1 Å². The Morgan fingerprint density at radius 2 is 1.62 bits per heavy atom. The number of sulfonamides is 1. The fourth-order valence-corrected chi connectivity index (χ4v) is 4.27. The van der Waals surface area contributed by atoms with E-state index in [1.807, 2.05) is 13.8 Å². The number of hydrogen-bond donors (Lipinski definition) is 2. The van der Waals surface area contributed by atoms with Crippen LogP contribution in [0.2, 0.25) is 0 Å². The van der Waals surface area contributed by atoms with Gasteiger partial charge >= 0.3 is 0 Å². The molecule has 0 unspecified atom stereocenters. The summed E-state index contributed by atoms with van der Waals surface area (Å²) in [7, 11) is -3.38. The molecule has 0 radical (unpaired) electrons. The summed E-state index contributed by atoms with van der Waals surface area (Å²) in [5.41, 5.74) is 0.664. The van der Waals surface area contributed by atoms with Crippen LogP contribution in [0.1, 0.15) is 60.3 Å². The highest BCUT2D eigenvalue weighted by molar-refractivity contribution is 7.90. The molecule has 0 bridgehead atoms. The Kier molecular flexibility index (Phi) is 7.94. The number of carbonyl (C=O) groups excluding carboxylic acids is 1. The monoisotopic (exact) mass is 426 g/mol. The minimum absolute atomic E-state index is 0.0475. The van der Waals surface area contributed by atoms with Crippen LogP contribution in [0.15, 0.2) is 18.2 Å². The maximum absolute atomic E-state index is 12.7. The number of rotatable bonds is 8. The lowest BCUT2D eigenvalue weighted by molar-refractivity contribution is -0.120. The quantitative estimate of drug-likeness (QED) is 0.661. The van der Waals surface area contributed by atoms with Crippen molar-refractivity contribution in [3.8, 4) is 11.5 Å². The molecule has 0 aromatic heterocycles. The lowest BCUT2D eigenvalue weighted by Gasteiger charge is -2.30. The Balaban J connectivity index is 1.94. The van der Waals surface area contributed by atoms with E-state index < -0.39 is 14.8 Å². The SMILES string of the molecule is CCOc1ccc(NC(=O)C2CCC(NS(=O)(=O)C(C)(C)C)CC2)cc1OCC. The summed E-state index contributed by atoms with van der Waals surface area (Å²) in [4.78, 5) is 12.7. The van der Waals surface area contributed by atoms with Crippen LogP contribution in [0.3, 0.4) is 0 Å². The lowest BCUT2D eigenvalue weighted by Crippen LogP contribution is -2.46. The second-order valence-electron chi connectivity index (χ2n) is 8.30. The van der Waals surface area contributed by atoms with E-state index in [1.165, 1.54) is 0 Å². The standard InChI is InChI=1S/C21H34N2O5S/c1-6-27-18-13-12-17(14-19(18)28-7-2)22-20(24)15-8-10-16(11-9-15)23-29(25,26)21(3,4)5/h12-16,23H,6-11H2,1-5H3,(H,22,24). The molecule has 2 rings (SSSR count). The maximum atomic E-state index is 12.7. The molecular formula is C21H34N2O5S. The lowest BCUT2D eigenvalue weighted by atomic mass is 9.86. The Morgan fingerprint density at radius 3 is 2.17 bits per heavy atom. The molecule has 0 heterocycles. The van der Waals surface area contributed by atoms with Gasteiger partial charge in [-0.1, -0.05) is 0 Å². The largest absolute Gasteiger partial charge is 0.490 e. The first-order chi connectivity index (χ1) is 13.6. The zero-order valence-electron chi connectivity index (χ0n) is 18.1. The van der Waals surface area contributed by atoms with Gasteiger partial charge in [-0.15, -0.1) is 0 Å². The number of nitrogens with one attached hydrogen (secondary N) is 2. The second-order valence-corrected chi connectivity index (χ2v) is 10.8. The average molecular weight is 427 g/mol. The van der Waals surface area contributed by atoms with Gasteiger partial charge in [-0.3, -0.25) is 4.79 Å².